The molecule has 0 unspecified atom stereocenters. The Bertz CT molecular complexity index is 590. The molecule has 2 aliphatic heterocycles. The van der Waals surface area contributed by atoms with E-state index in [0.29, 0.717) is 0 Å². The van der Waals surface area contributed by atoms with Gasteiger partial charge in [0.1, 0.15) is 17.9 Å². The third-order valence-electron chi connectivity index (χ3n) is 4.11. The molecule has 27 heavy (non-hydrogen) atoms. The number of fused-ring (bicyclic) bond motifs is 1. The van der Waals surface area contributed by atoms with Crippen LogP contribution in [0.3, 0.4) is 0 Å². The van der Waals surface area contributed by atoms with Gasteiger partial charge in [-0.3, -0.25) is 9.69 Å². The van der Waals surface area contributed by atoms with Gasteiger partial charge in [-0.1, -0.05) is 0 Å². The molecule has 11 heteroatoms. The van der Waals surface area contributed by atoms with E-state index in [1.165, 1.54) is 0 Å². The Morgan fingerprint density at radius 3 is 2.26 bits per heavy atom. The second-order valence-electron chi connectivity index (χ2n) is 8.06. The number of piperidine rings is 1. The monoisotopic (exact) mass is 398 g/mol. The molecule has 0 aromatic rings. The van der Waals surface area contributed by atoms with Gasteiger partial charge in [0.25, 0.3) is 0 Å². The number of carbonyl (C=O) groups excluding carboxylic acids is 2. The SMILES string of the molecule is CC(C)(C)OC(=O)N1C[C@H](CO)[C@@H]2OC(C)(C)O[C@@H]2[C@H]1NC(=O)C(F)(F)F. The Balaban J connectivity index is 2.36. The number of aliphatic hydroxyl groups excluding tert-OH is 1. The van der Waals surface area contributed by atoms with E-state index in [2.05, 4.69) is 0 Å². The Labute approximate surface area is 154 Å². The second kappa shape index (κ2) is 7.10. The Morgan fingerprint density at radius 2 is 1.78 bits per heavy atom. The summed E-state index contributed by atoms with van der Waals surface area (Å²) in [5, 5.41) is 11.5. The maximum Gasteiger partial charge on any atom is 0.471 e. The number of ether oxygens (including phenoxy) is 3. The standard InChI is InChI=1S/C16H25F3N2O6/c1-14(2,3)27-13(24)21-6-8(7-22)9-10(26-15(4,5)25-9)11(21)20-12(23)16(17,18)19/h8-11,22H,6-7H2,1-5H3,(H,20,23)/t8-,9+,10+,11+/m1/s1. The fraction of sp³-hybridized carbons (Fsp3) is 0.875. The maximum absolute atomic E-state index is 12.8. The minimum absolute atomic E-state index is 0.172. The molecular formula is C16H25F3N2O6. The lowest BCUT2D eigenvalue weighted by atomic mass is 9.91. The highest BCUT2D eigenvalue weighted by Crippen LogP contribution is 2.39. The number of carbonyl (C=O) groups is 2. The van der Waals surface area contributed by atoms with Crippen molar-refractivity contribution in [2.24, 2.45) is 5.92 Å². The molecule has 0 bridgehead atoms. The van der Waals surface area contributed by atoms with Crippen molar-refractivity contribution in [3.05, 3.63) is 0 Å². The number of amides is 2. The van der Waals surface area contributed by atoms with Crippen molar-refractivity contribution < 1.29 is 42.1 Å². The van der Waals surface area contributed by atoms with E-state index in [9.17, 15) is 27.9 Å². The van der Waals surface area contributed by atoms with Crippen molar-refractivity contribution >= 4 is 12.0 Å². The molecule has 8 nitrogen and oxygen atoms in total. The molecule has 2 saturated heterocycles. The number of rotatable bonds is 2. The minimum atomic E-state index is -5.14. The molecule has 0 saturated carbocycles. The topological polar surface area (TPSA) is 97.3 Å². The molecule has 2 N–H and O–H groups in total. The molecule has 156 valence electrons. The molecule has 0 aromatic carbocycles. The lowest BCUT2D eigenvalue weighted by Gasteiger charge is -2.44. The van der Waals surface area contributed by atoms with Gasteiger partial charge in [-0.2, -0.15) is 13.2 Å². The van der Waals surface area contributed by atoms with Crippen molar-refractivity contribution in [1.82, 2.24) is 10.2 Å². The number of likely N-dealkylation sites (tertiary alicyclic amines) is 1. The van der Waals surface area contributed by atoms with Crippen LogP contribution in [0.2, 0.25) is 0 Å². The first kappa shape index (κ1) is 21.7. The first-order valence-corrected chi connectivity index (χ1v) is 8.48. The quantitative estimate of drug-likeness (QED) is 0.729. The van der Waals surface area contributed by atoms with E-state index < -0.39 is 53.9 Å². The highest BCUT2D eigenvalue weighted by Gasteiger charge is 2.56. The third-order valence-corrected chi connectivity index (χ3v) is 4.11. The van der Waals surface area contributed by atoms with E-state index >= 15 is 0 Å². The van der Waals surface area contributed by atoms with Crippen LogP contribution in [-0.4, -0.2) is 71.1 Å². The van der Waals surface area contributed by atoms with Gasteiger partial charge >= 0.3 is 18.2 Å². The van der Waals surface area contributed by atoms with Crippen LogP contribution < -0.4 is 5.32 Å². The molecular weight excluding hydrogens is 373 g/mol. The minimum Gasteiger partial charge on any atom is -0.444 e. The van der Waals surface area contributed by atoms with Gasteiger partial charge in [-0.25, -0.2) is 4.79 Å². The zero-order valence-corrected chi connectivity index (χ0v) is 15.8. The van der Waals surface area contributed by atoms with Crippen LogP contribution in [0.5, 0.6) is 0 Å². The van der Waals surface area contributed by atoms with Gasteiger partial charge in [-0.15, -0.1) is 0 Å². The smallest absolute Gasteiger partial charge is 0.444 e. The normalized spacial score (nSPS) is 30.6. The van der Waals surface area contributed by atoms with Crippen LogP contribution in [0.15, 0.2) is 0 Å². The summed E-state index contributed by atoms with van der Waals surface area (Å²) in [6.07, 6.45) is -9.45. The molecule has 4 atom stereocenters. The van der Waals surface area contributed by atoms with Gasteiger partial charge in [0, 0.05) is 12.5 Å². The molecule has 0 aromatic heterocycles. The highest BCUT2D eigenvalue weighted by molar-refractivity contribution is 5.82. The first-order valence-electron chi connectivity index (χ1n) is 8.48. The molecule has 0 spiro atoms. The first-order chi connectivity index (χ1) is 12.1. The molecule has 0 radical (unpaired) electrons. The molecule has 2 heterocycles. The summed E-state index contributed by atoms with van der Waals surface area (Å²) in [6.45, 7) is 7.35. The molecule has 2 amide bonds. The number of nitrogens with zero attached hydrogens (tertiary/aromatic N) is 1. The van der Waals surface area contributed by atoms with Crippen molar-refractivity contribution in [2.45, 2.75) is 70.6 Å². The Kier molecular flexibility index (Phi) is 5.71. The fourth-order valence-corrected chi connectivity index (χ4v) is 3.12. The molecule has 2 rings (SSSR count). The second-order valence-corrected chi connectivity index (χ2v) is 8.06. The number of hydrogen-bond donors (Lipinski definition) is 2. The van der Waals surface area contributed by atoms with Crippen LogP contribution in [-0.2, 0) is 19.0 Å². The largest absolute Gasteiger partial charge is 0.471 e. The average Bonchev–Trinajstić information content (AvgIpc) is 2.79. The van der Waals surface area contributed by atoms with E-state index in [-0.39, 0.29) is 13.2 Å². The average molecular weight is 398 g/mol. The summed E-state index contributed by atoms with van der Waals surface area (Å²) < 4.78 is 54.9. The van der Waals surface area contributed by atoms with Gasteiger partial charge < -0.3 is 24.6 Å². The predicted molar refractivity (Wildman–Crippen MR) is 85.3 cm³/mol. The summed E-state index contributed by atoms with van der Waals surface area (Å²) in [5.74, 6) is -3.99. The van der Waals surface area contributed by atoms with E-state index in [1.807, 2.05) is 0 Å². The number of nitrogens with one attached hydrogen (secondary N) is 1. The van der Waals surface area contributed by atoms with Crippen molar-refractivity contribution in [1.29, 1.82) is 0 Å². The number of aliphatic hydroxyl groups is 1. The summed E-state index contributed by atoms with van der Waals surface area (Å²) >= 11 is 0. The van der Waals surface area contributed by atoms with Gasteiger partial charge in [-0.05, 0) is 34.6 Å². The zero-order chi connectivity index (χ0) is 20.8. The molecule has 2 fully saturated rings. The van der Waals surface area contributed by atoms with Crippen LogP contribution in [0, 0.1) is 5.92 Å². The van der Waals surface area contributed by atoms with Gasteiger partial charge in [0.05, 0.1) is 12.7 Å². The van der Waals surface area contributed by atoms with E-state index in [1.54, 1.807) is 39.9 Å². The number of hydrogen-bond acceptors (Lipinski definition) is 6. The highest BCUT2D eigenvalue weighted by atomic mass is 19.4. The molecule has 2 aliphatic rings. The van der Waals surface area contributed by atoms with Crippen molar-refractivity contribution in [2.75, 3.05) is 13.2 Å². The predicted octanol–water partition coefficient (Wildman–Crippen LogP) is 1.37. The summed E-state index contributed by atoms with van der Waals surface area (Å²) in [4.78, 5) is 25.0. The maximum atomic E-state index is 12.8. The fourth-order valence-electron chi connectivity index (χ4n) is 3.12. The lowest BCUT2D eigenvalue weighted by Crippen LogP contribution is -2.67. The summed E-state index contributed by atoms with van der Waals surface area (Å²) in [5.41, 5.74) is -0.909. The third kappa shape index (κ3) is 5.02. The number of halogens is 3. The van der Waals surface area contributed by atoms with Gasteiger partial charge in [0.2, 0.25) is 0 Å². The van der Waals surface area contributed by atoms with Crippen LogP contribution in [0.1, 0.15) is 34.6 Å². The molecule has 0 aliphatic carbocycles. The summed E-state index contributed by atoms with van der Waals surface area (Å²) in [7, 11) is 0. The van der Waals surface area contributed by atoms with Crippen LogP contribution in [0.25, 0.3) is 0 Å². The zero-order valence-electron chi connectivity index (χ0n) is 15.8. The van der Waals surface area contributed by atoms with Crippen molar-refractivity contribution in [3.8, 4) is 0 Å². The Hall–Kier alpha value is -1.59. The van der Waals surface area contributed by atoms with Crippen LogP contribution in [0.4, 0.5) is 18.0 Å². The van der Waals surface area contributed by atoms with E-state index in [0.717, 1.165) is 4.90 Å². The van der Waals surface area contributed by atoms with Gasteiger partial charge in [0.15, 0.2) is 5.79 Å². The van der Waals surface area contributed by atoms with E-state index in [4.69, 9.17) is 14.2 Å². The van der Waals surface area contributed by atoms with Crippen molar-refractivity contribution in [3.63, 3.8) is 0 Å². The number of alkyl halides is 3. The lowest BCUT2D eigenvalue weighted by molar-refractivity contribution is -0.179. The summed E-state index contributed by atoms with van der Waals surface area (Å²) in [6, 6.07) is 0. The Morgan fingerprint density at radius 1 is 1.22 bits per heavy atom. The van der Waals surface area contributed by atoms with Crippen LogP contribution >= 0.6 is 0 Å².